The highest BCUT2D eigenvalue weighted by molar-refractivity contribution is 9.10. The van der Waals surface area contributed by atoms with E-state index in [2.05, 4.69) is 45.2 Å². The minimum atomic E-state index is 0.656. The topological polar surface area (TPSA) is 24.5 Å². The van der Waals surface area contributed by atoms with Gasteiger partial charge in [0, 0.05) is 32.2 Å². The van der Waals surface area contributed by atoms with Crippen LogP contribution in [0.2, 0.25) is 0 Å². The molecule has 0 spiro atoms. The van der Waals surface area contributed by atoms with Crippen molar-refractivity contribution in [1.29, 1.82) is 0 Å². The molecule has 2 rings (SSSR count). The van der Waals surface area contributed by atoms with Gasteiger partial charge in [0.1, 0.15) is 5.75 Å². The Morgan fingerprint density at radius 2 is 2.11 bits per heavy atom. The first kappa shape index (κ1) is 14.8. The molecule has 1 unspecified atom stereocenters. The summed E-state index contributed by atoms with van der Waals surface area (Å²) in [7, 11) is 1.70. The van der Waals surface area contributed by atoms with Gasteiger partial charge in [0.15, 0.2) is 0 Å². The Bertz CT molecular complexity index is 405. The number of hydrogen-bond donors (Lipinski definition) is 1. The van der Waals surface area contributed by atoms with Crippen molar-refractivity contribution in [1.82, 2.24) is 10.2 Å². The Morgan fingerprint density at radius 3 is 2.74 bits per heavy atom. The molecular formula is C15H23BrN2O. The molecule has 0 aromatic heterocycles. The first-order valence-corrected chi connectivity index (χ1v) is 7.77. The number of nitrogens with zero attached hydrogens (tertiary/aromatic N) is 1. The number of aryl methyl sites for hydroxylation is 1. The quantitative estimate of drug-likeness (QED) is 0.900. The monoisotopic (exact) mass is 326 g/mol. The van der Waals surface area contributed by atoms with Crippen molar-refractivity contribution < 1.29 is 4.74 Å². The Labute approximate surface area is 124 Å². The molecule has 3 nitrogen and oxygen atoms in total. The van der Waals surface area contributed by atoms with Crippen molar-refractivity contribution >= 4 is 15.9 Å². The van der Waals surface area contributed by atoms with Gasteiger partial charge in [0.05, 0.1) is 11.6 Å². The highest BCUT2D eigenvalue weighted by atomic mass is 79.9. The van der Waals surface area contributed by atoms with Gasteiger partial charge in [0.2, 0.25) is 0 Å². The third kappa shape index (κ3) is 4.20. The van der Waals surface area contributed by atoms with Crippen LogP contribution in [0.4, 0.5) is 0 Å². The van der Waals surface area contributed by atoms with Crippen molar-refractivity contribution in [2.75, 3.05) is 33.3 Å². The van der Waals surface area contributed by atoms with E-state index >= 15 is 0 Å². The van der Waals surface area contributed by atoms with E-state index in [4.69, 9.17) is 4.74 Å². The summed E-state index contributed by atoms with van der Waals surface area (Å²) in [6.45, 7) is 6.93. The van der Waals surface area contributed by atoms with Crippen LogP contribution in [0.5, 0.6) is 5.75 Å². The molecule has 4 heteroatoms. The summed E-state index contributed by atoms with van der Waals surface area (Å²) in [5.41, 5.74) is 1.37. The molecule has 1 N–H and O–H groups in total. The number of hydrogen-bond acceptors (Lipinski definition) is 3. The number of ether oxygens (including phenoxy) is 1. The number of nitrogens with one attached hydrogen (secondary N) is 1. The molecule has 0 radical (unpaired) electrons. The molecule has 0 saturated carbocycles. The van der Waals surface area contributed by atoms with Crippen LogP contribution in [-0.4, -0.2) is 44.2 Å². The van der Waals surface area contributed by atoms with Crippen molar-refractivity contribution in [2.24, 2.45) is 0 Å². The standard InChI is InChI=1S/C15H23BrN2O/c1-12(18-9-7-17-8-10-18)3-4-13-5-6-15(19-2)14(16)11-13/h5-6,11-12,17H,3-4,7-10H2,1-2H3. The number of piperazine rings is 1. The molecule has 0 aliphatic carbocycles. The second kappa shape index (κ2) is 7.27. The fourth-order valence-corrected chi connectivity index (χ4v) is 3.13. The minimum absolute atomic E-state index is 0.656. The summed E-state index contributed by atoms with van der Waals surface area (Å²) >= 11 is 3.55. The molecule has 1 saturated heterocycles. The maximum Gasteiger partial charge on any atom is 0.133 e. The van der Waals surface area contributed by atoms with E-state index in [0.29, 0.717) is 6.04 Å². The van der Waals surface area contributed by atoms with Crippen LogP contribution in [0, 0.1) is 0 Å². The van der Waals surface area contributed by atoms with E-state index in [1.807, 2.05) is 6.07 Å². The zero-order valence-electron chi connectivity index (χ0n) is 11.8. The molecule has 1 aromatic carbocycles. The van der Waals surface area contributed by atoms with Gasteiger partial charge < -0.3 is 10.1 Å². The number of halogens is 1. The van der Waals surface area contributed by atoms with Crippen LogP contribution in [0.3, 0.4) is 0 Å². The Balaban J connectivity index is 1.85. The summed E-state index contributed by atoms with van der Waals surface area (Å²) < 4.78 is 6.30. The SMILES string of the molecule is COc1ccc(CCC(C)N2CCNCC2)cc1Br. The van der Waals surface area contributed by atoms with Crippen LogP contribution < -0.4 is 10.1 Å². The van der Waals surface area contributed by atoms with Gasteiger partial charge in [-0.05, 0) is 53.4 Å². The predicted octanol–water partition coefficient (Wildman–Crippen LogP) is 2.68. The third-order valence-corrected chi connectivity index (χ3v) is 4.46. The second-order valence-electron chi connectivity index (χ2n) is 5.14. The molecule has 1 aliphatic heterocycles. The van der Waals surface area contributed by atoms with Gasteiger partial charge in [-0.1, -0.05) is 6.07 Å². The molecular weight excluding hydrogens is 304 g/mol. The highest BCUT2D eigenvalue weighted by Crippen LogP contribution is 2.26. The fraction of sp³-hybridized carbons (Fsp3) is 0.600. The maximum absolute atomic E-state index is 5.26. The summed E-state index contributed by atoms with van der Waals surface area (Å²) in [5, 5.41) is 3.40. The molecule has 1 fully saturated rings. The molecule has 0 bridgehead atoms. The lowest BCUT2D eigenvalue weighted by Crippen LogP contribution is -2.47. The average molecular weight is 327 g/mol. The second-order valence-corrected chi connectivity index (χ2v) is 6.00. The van der Waals surface area contributed by atoms with Crippen LogP contribution in [0.15, 0.2) is 22.7 Å². The molecule has 1 aromatic rings. The fourth-order valence-electron chi connectivity index (χ4n) is 2.55. The van der Waals surface area contributed by atoms with Gasteiger partial charge in [0.25, 0.3) is 0 Å². The van der Waals surface area contributed by atoms with E-state index in [-0.39, 0.29) is 0 Å². The van der Waals surface area contributed by atoms with Crippen LogP contribution in [-0.2, 0) is 6.42 Å². The van der Waals surface area contributed by atoms with E-state index in [1.54, 1.807) is 7.11 Å². The molecule has 1 heterocycles. The Hall–Kier alpha value is -0.580. The first-order valence-electron chi connectivity index (χ1n) is 6.98. The Kier molecular flexibility index (Phi) is 5.67. The number of rotatable bonds is 5. The van der Waals surface area contributed by atoms with Crippen LogP contribution >= 0.6 is 15.9 Å². The lowest BCUT2D eigenvalue weighted by molar-refractivity contribution is 0.177. The van der Waals surface area contributed by atoms with Crippen molar-refractivity contribution in [3.63, 3.8) is 0 Å². The zero-order chi connectivity index (χ0) is 13.7. The largest absolute Gasteiger partial charge is 0.496 e. The first-order chi connectivity index (χ1) is 9.20. The minimum Gasteiger partial charge on any atom is -0.496 e. The lowest BCUT2D eigenvalue weighted by atomic mass is 10.0. The van der Waals surface area contributed by atoms with Crippen molar-refractivity contribution in [3.8, 4) is 5.75 Å². The van der Waals surface area contributed by atoms with E-state index < -0.39 is 0 Å². The van der Waals surface area contributed by atoms with E-state index in [1.165, 1.54) is 25.1 Å². The number of benzene rings is 1. The molecule has 106 valence electrons. The third-order valence-electron chi connectivity index (χ3n) is 3.84. The van der Waals surface area contributed by atoms with Crippen LogP contribution in [0.1, 0.15) is 18.9 Å². The lowest BCUT2D eigenvalue weighted by Gasteiger charge is -2.32. The smallest absolute Gasteiger partial charge is 0.133 e. The summed E-state index contributed by atoms with van der Waals surface area (Å²) in [4.78, 5) is 2.58. The summed E-state index contributed by atoms with van der Waals surface area (Å²) in [6, 6.07) is 7.02. The molecule has 1 aliphatic rings. The van der Waals surface area contributed by atoms with E-state index in [9.17, 15) is 0 Å². The van der Waals surface area contributed by atoms with Gasteiger partial charge in [-0.2, -0.15) is 0 Å². The summed E-state index contributed by atoms with van der Waals surface area (Å²) in [5.74, 6) is 0.902. The number of methoxy groups -OCH3 is 1. The van der Waals surface area contributed by atoms with Crippen LogP contribution in [0.25, 0.3) is 0 Å². The highest BCUT2D eigenvalue weighted by Gasteiger charge is 2.16. The average Bonchev–Trinajstić information content (AvgIpc) is 2.46. The van der Waals surface area contributed by atoms with E-state index in [0.717, 1.165) is 29.7 Å². The Morgan fingerprint density at radius 1 is 1.37 bits per heavy atom. The summed E-state index contributed by atoms with van der Waals surface area (Å²) in [6.07, 6.45) is 2.33. The molecule has 19 heavy (non-hydrogen) atoms. The van der Waals surface area contributed by atoms with Gasteiger partial charge in [-0.3, -0.25) is 4.90 Å². The predicted molar refractivity (Wildman–Crippen MR) is 82.9 cm³/mol. The van der Waals surface area contributed by atoms with Gasteiger partial charge in [-0.25, -0.2) is 0 Å². The zero-order valence-corrected chi connectivity index (χ0v) is 13.4. The molecule has 1 atom stereocenters. The van der Waals surface area contributed by atoms with Gasteiger partial charge in [-0.15, -0.1) is 0 Å². The van der Waals surface area contributed by atoms with Gasteiger partial charge >= 0.3 is 0 Å². The van der Waals surface area contributed by atoms with Crippen molar-refractivity contribution in [3.05, 3.63) is 28.2 Å². The molecule has 0 amide bonds. The normalized spacial score (nSPS) is 18.3. The van der Waals surface area contributed by atoms with Crippen molar-refractivity contribution in [2.45, 2.75) is 25.8 Å². The maximum atomic E-state index is 5.26.